The summed E-state index contributed by atoms with van der Waals surface area (Å²) in [7, 11) is 0. The minimum atomic E-state index is -1.08. The number of imide groups is 1. The molecule has 1 N–H and O–H groups in total. The molecule has 0 radical (unpaired) electrons. The summed E-state index contributed by atoms with van der Waals surface area (Å²) in [6.45, 7) is 0. The van der Waals surface area contributed by atoms with E-state index in [0.29, 0.717) is 0 Å². The van der Waals surface area contributed by atoms with Crippen molar-refractivity contribution in [2.75, 3.05) is 0 Å². The summed E-state index contributed by atoms with van der Waals surface area (Å²) in [6.07, 6.45) is 6.61. The average molecular weight is 334 g/mol. The van der Waals surface area contributed by atoms with Crippen LogP contribution in [0.3, 0.4) is 0 Å². The van der Waals surface area contributed by atoms with Crippen molar-refractivity contribution in [2.45, 2.75) is 54.8 Å². The lowest BCUT2D eigenvalue weighted by molar-refractivity contribution is -0.141. The monoisotopic (exact) mass is 334 g/mol. The highest BCUT2D eigenvalue weighted by Gasteiger charge is 2.43. The second kappa shape index (κ2) is 6.70. The molecule has 0 bridgehead atoms. The topological polar surface area (TPSA) is 87.6 Å². The highest BCUT2D eigenvalue weighted by molar-refractivity contribution is 8.00. The molecule has 7 heteroatoms. The van der Waals surface area contributed by atoms with E-state index in [-0.39, 0.29) is 34.9 Å². The summed E-state index contributed by atoms with van der Waals surface area (Å²) >= 11 is 1.08. The first-order valence-electron chi connectivity index (χ1n) is 7.79. The predicted molar refractivity (Wildman–Crippen MR) is 84.2 cm³/mol. The lowest BCUT2D eigenvalue weighted by atomic mass is 9.94. The highest BCUT2D eigenvalue weighted by Crippen LogP contribution is 2.35. The molecule has 1 saturated heterocycles. The molecule has 2 fully saturated rings. The average Bonchev–Trinajstić information content (AvgIpc) is 2.82. The van der Waals surface area contributed by atoms with Crippen molar-refractivity contribution >= 4 is 29.5 Å². The van der Waals surface area contributed by atoms with Gasteiger partial charge in [-0.15, -0.1) is 0 Å². The van der Waals surface area contributed by atoms with Crippen molar-refractivity contribution < 1.29 is 19.5 Å². The van der Waals surface area contributed by atoms with Crippen LogP contribution >= 0.6 is 11.8 Å². The fraction of sp³-hybridized carbons (Fsp3) is 0.500. The number of hydrogen-bond donors (Lipinski definition) is 1. The number of aromatic nitrogens is 1. The first kappa shape index (κ1) is 16.0. The Labute approximate surface area is 138 Å². The van der Waals surface area contributed by atoms with Crippen molar-refractivity contribution in [3.8, 4) is 0 Å². The van der Waals surface area contributed by atoms with E-state index in [1.165, 1.54) is 17.2 Å². The summed E-state index contributed by atoms with van der Waals surface area (Å²) in [5, 5.41) is 8.91. The maximum Gasteiger partial charge on any atom is 0.338 e. The molecule has 0 aromatic carbocycles. The number of carboxylic acid groups (broad SMARTS) is 1. The second-order valence-corrected chi connectivity index (χ2v) is 7.06. The number of carbonyl (C=O) groups excluding carboxylic acids is 2. The van der Waals surface area contributed by atoms with E-state index in [9.17, 15) is 19.5 Å². The van der Waals surface area contributed by atoms with E-state index < -0.39 is 11.2 Å². The molecule has 2 aliphatic rings. The zero-order chi connectivity index (χ0) is 16.4. The van der Waals surface area contributed by atoms with Crippen molar-refractivity contribution in [3.05, 3.63) is 23.9 Å². The molecule has 6 nitrogen and oxygen atoms in total. The SMILES string of the molecule is O=C(O)c1cccnc1S[C@@H]1CC(=O)N(C2CCCCC2)C1=O. The molecule has 0 unspecified atom stereocenters. The Hall–Kier alpha value is -1.89. The summed E-state index contributed by atoms with van der Waals surface area (Å²) in [6, 6.07) is 3.01. The Morgan fingerprint density at radius 1 is 1.26 bits per heavy atom. The first-order chi connectivity index (χ1) is 11.1. The van der Waals surface area contributed by atoms with E-state index >= 15 is 0 Å². The van der Waals surface area contributed by atoms with Crippen LogP contribution in [0, 0.1) is 0 Å². The number of pyridine rings is 1. The first-order valence-corrected chi connectivity index (χ1v) is 8.66. The van der Waals surface area contributed by atoms with Crippen LogP contribution in [0.1, 0.15) is 48.9 Å². The Morgan fingerprint density at radius 2 is 2.00 bits per heavy atom. The van der Waals surface area contributed by atoms with Crippen LogP contribution in [0.4, 0.5) is 0 Å². The van der Waals surface area contributed by atoms with Gasteiger partial charge in [-0.2, -0.15) is 0 Å². The van der Waals surface area contributed by atoms with Crippen molar-refractivity contribution in [1.29, 1.82) is 0 Å². The van der Waals surface area contributed by atoms with E-state index in [0.717, 1.165) is 43.9 Å². The lowest BCUT2D eigenvalue weighted by Gasteiger charge is -2.29. The van der Waals surface area contributed by atoms with Gasteiger partial charge in [0.05, 0.1) is 10.8 Å². The molecule has 2 heterocycles. The number of carboxylic acids is 1. The van der Waals surface area contributed by atoms with Crippen LogP contribution in [0.5, 0.6) is 0 Å². The van der Waals surface area contributed by atoms with Crippen LogP contribution in [0.25, 0.3) is 0 Å². The minimum Gasteiger partial charge on any atom is -0.478 e. The molecule has 1 atom stereocenters. The predicted octanol–water partition coefficient (Wildman–Crippen LogP) is 2.33. The summed E-state index contributed by atoms with van der Waals surface area (Å²) < 4.78 is 0. The Morgan fingerprint density at radius 3 is 2.70 bits per heavy atom. The smallest absolute Gasteiger partial charge is 0.338 e. The van der Waals surface area contributed by atoms with Gasteiger partial charge in [0, 0.05) is 18.7 Å². The summed E-state index contributed by atoms with van der Waals surface area (Å²) in [4.78, 5) is 41.6. The number of likely N-dealkylation sites (tertiary alicyclic amines) is 1. The quantitative estimate of drug-likeness (QED) is 0.850. The molecule has 1 aliphatic carbocycles. The van der Waals surface area contributed by atoms with E-state index in [2.05, 4.69) is 4.98 Å². The van der Waals surface area contributed by atoms with Crippen LogP contribution in [-0.4, -0.2) is 44.1 Å². The second-order valence-electron chi connectivity index (χ2n) is 5.87. The van der Waals surface area contributed by atoms with Gasteiger partial charge in [-0.3, -0.25) is 14.5 Å². The molecule has 1 aromatic heterocycles. The Bertz CT molecular complexity index is 643. The van der Waals surface area contributed by atoms with Gasteiger partial charge >= 0.3 is 5.97 Å². The van der Waals surface area contributed by atoms with Crippen LogP contribution in [-0.2, 0) is 9.59 Å². The fourth-order valence-corrected chi connectivity index (χ4v) is 4.33. The Kier molecular flexibility index (Phi) is 4.66. The van der Waals surface area contributed by atoms with Crippen molar-refractivity contribution in [2.24, 2.45) is 0 Å². The van der Waals surface area contributed by atoms with Crippen LogP contribution in [0.15, 0.2) is 23.4 Å². The van der Waals surface area contributed by atoms with E-state index in [4.69, 9.17) is 0 Å². The largest absolute Gasteiger partial charge is 0.478 e. The lowest BCUT2D eigenvalue weighted by Crippen LogP contribution is -2.41. The van der Waals surface area contributed by atoms with Gasteiger partial charge in [-0.05, 0) is 25.0 Å². The van der Waals surface area contributed by atoms with Crippen molar-refractivity contribution in [3.63, 3.8) is 0 Å². The fourth-order valence-electron chi connectivity index (χ4n) is 3.22. The number of aromatic carboxylic acids is 1. The van der Waals surface area contributed by atoms with E-state index in [1.807, 2.05) is 0 Å². The molecule has 0 spiro atoms. The molecule has 122 valence electrons. The third kappa shape index (κ3) is 3.24. The maximum atomic E-state index is 12.6. The van der Waals surface area contributed by atoms with Gasteiger partial charge < -0.3 is 5.11 Å². The molecular weight excluding hydrogens is 316 g/mol. The zero-order valence-electron chi connectivity index (χ0n) is 12.6. The molecule has 3 rings (SSSR count). The number of amides is 2. The van der Waals surface area contributed by atoms with Gasteiger partial charge in [0.15, 0.2) is 0 Å². The highest BCUT2D eigenvalue weighted by atomic mass is 32.2. The third-order valence-electron chi connectivity index (χ3n) is 4.34. The maximum absolute atomic E-state index is 12.6. The number of rotatable bonds is 4. The number of hydrogen-bond acceptors (Lipinski definition) is 5. The van der Waals surface area contributed by atoms with Crippen molar-refractivity contribution in [1.82, 2.24) is 9.88 Å². The molecule has 1 aliphatic heterocycles. The number of carbonyl (C=O) groups is 3. The van der Waals surface area contributed by atoms with Gasteiger partial charge in [0.25, 0.3) is 0 Å². The van der Waals surface area contributed by atoms with Gasteiger partial charge in [-0.1, -0.05) is 31.0 Å². The van der Waals surface area contributed by atoms with E-state index in [1.54, 1.807) is 6.07 Å². The number of nitrogens with zero attached hydrogens (tertiary/aromatic N) is 2. The minimum absolute atomic E-state index is 0.0111. The van der Waals surface area contributed by atoms with Gasteiger partial charge in [0.2, 0.25) is 11.8 Å². The number of thioether (sulfide) groups is 1. The molecule has 1 saturated carbocycles. The normalized spacial score (nSPS) is 22.6. The molecule has 1 aromatic rings. The zero-order valence-corrected chi connectivity index (χ0v) is 13.4. The Balaban J connectivity index is 1.76. The van der Waals surface area contributed by atoms with Gasteiger partial charge in [-0.25, -0.2) is 9.78 Å². The van der Waals surface area contributed by atoms with Crippen LogP contribution < -0.4 is 0 Å². The summed E-state index contributed by atoms with van der Waals surface area (Å²) in [5.74, 6) is -1.43. The van der Waals surface area contributed by atoms with Gasteiger partial charge in [0.1, 0.15) is 5.03 Å². The van der Waals surface area contributed by atoms with Crippen LogP contribution in [0.2, 0.25) is 0 Å². The third-order valence-corrected chi connectivity index (χ3v) is 5.54. The molecule has 23 heavy (non-hydrogen) atoms. The molecule has 2 amide bonds. The summed E-state index contributed by atoms with van der Waals surface area (Å²) in [5.41, 5.74) is 0.0638. The standard InChI is InChI=1S/C16H18N2O4S/c19-13-9-12(15(20)18(13)10-5-2-1-3-6-10)23-14-11(16(21)22)7-4-8-17-14/h4,7-8,10,12H,1-3,5-6,9H2,(H,21,22)/t12-/m1/s1. The molecular formula is C16H18N2O4S.